The molecule has 1 atom stereocenters. The minimum atomic E-state index is -0.0803. The van der Waals surface area contributed by atoms with Crippen molar-refractivity contribution in [1.29, 1.82) is 0 Å². The molecule has 13 heavy (non-hydrogen) atoms. The largest absolute Gasteiger partial charge is 0.466 e. The fraction of sp³-hybridized carbons (Fsp3) is 0.900. The van der Waals surface area contributed by atoms with Crippen LogP contribution in [0.3, 0.4) is 0 Å². The lowest BCUT2D eigenvalue weighted by Gasteiger charge is -2.20. The van der Waals surface area contributed by atoms with Gasteiger partial charge in [-0.3, -0.25) is 4.79 Å². The van der Waals surface area contributed by atoms with Gasteiger partial charge in [0, 0.05) is 19.0 Å². The zero-order chi connectivity index (χ0) is 9.52. The van der Waals surface area contributed by atoms with E-state index in [1.165, 1.54) is 12.8 Å². The summed E-state index contributed by atoms with van der Waals surface area (Å²) in [6.45, 7) is 3.30. The molecule has 0 spiro atoms. The number of hydrogen-bond donors (Lipinski definition) is 0. The van der Waals surface area contributed by atoms with Gasteiger partial charge in [0.05, 0.1) is 6.61 Å². The summed E-state index contributed by atoms with van der Waals surface area (Å²) in [4.78, 5) is 11.0. The molecular formula is C10H18NO2. The number of piperidine rings is 1. The van der Waals surface area contributed by atoms with Gasteiger partial charge >= 0.3 is 5.97 Å². The van der Waals surface area contributed by atoms with Crippen LogP contribution in [0, 0.1) is 0 Å². The lowest BCUT2D eigenvalue weighted by atomic mass is 10.0. The lowest BCUT2D eigenvalue weighted by molar-refractivity contribution is -0.143. The van der Waals surface area contributed by atoms with Gasteiger partial charge in [-0.1, -0.05) is 6.42 Å². The molecule has 75 valence electrons. The Labute approximate surface area is 79.8 Å². The van der Waals surface area contributed by atoms with Crippen molar-refractivity contribution in [2.45, 2.75) is 45.1 Å². The summed E-state index contributed by atoms with van der Waals surface area (Å²) in [7, 11) is 0. The molecule has 0 aromatic rings. The zero-order valence-corrected chi connectivity index (χ0v) is 8.29. The Bertz CT molecular complexity index is 153. The van der Waals surface area contributed by atoms with E-state index in [4.69, 9.17) is 4.74 Å². The second-order valence-electron chi connectivity index (χ2n) is 3.40. The van der Waals surface area contributed by atoms with Crippen LogP contribution in [0.25, 0.3) is 0 Å². The first kappa shape index (κ1) is 10.5. The number of ether oxygens (including phenoxy) is 1. The molecule has 0 aromatic heterocycles. The van der Waals surface area contributed by atoms with Crippen LogP contribution in [0.15, 0.2) is 0 Å². The van der Waals surface area contributed by atoms with Crippen molar-refractivity contribution in [1.82, 2.24) is 5.32 Å². The molecule has 1 aliphatic heterocycles. The highest BCUT2D eigenvalue weighted by molar-refractivity contribution is 5.69. The van der Waals surface area contributed by atoms with E-state index in [1.807, 2.05) is 6.92 Å². The standard InChI is InChI=1S/C10H18NO2/c1-2-13-10(12)7-6-9-5-3-4-8-11-9/h9H,2-8H2,1H3. The van der Waals surface area contributed by atoms with Gasteiger partial charge in [0.2, 0.25) is 0 Å². The van der Waals surface area contributed by atoms with Gasteiger partial charge in [0.25, 0.3) is 0 Å². The summed E-state index contributed by atoms with van der Waals surface area (Å²) in [6.07, 6.45) is 5.03. The third kappa shape index (κ3) is 4.27. The first-order valence-corrected chi connectivity index (χ1v) is 5.15. The molecule has 1 fully saturated rings. The average molecular weight is 184 g/mol. The summed E-state index contributed by atoms with van der Waals surface area (Å²) >= 11 is 0. The normalized spacial score (nSPS) is 22.7. The van der Waals surface area contributed by atoms with Gasteiger partial charge in [-0.15, -0.1) is 0 Å². The zero-order valence-electron chi connectivity index (χ0n) is 8.29. The second-order valence-corrected chi connectivity index (χ2v) is 3.40. The Hall–Kier alpha value is -0.570. The van der Waals surface area contributed by atoms with E-state index < -0.39 is 0 Å². The van der Waals surface area contributed by atoms with Crippen molar-refractivity contribution in [3.05, 3.63) is 0 Å². The first-order chi connectivity index (χ1) is 6.33. The van der Waals surface area contributed by atoms with Crippen molar-refractivity contribution in [3.8, 4) is 0 Å². The van der Waals surface area contributed by atoms with E-state index >= 15 is 0 Å². The van der Waals surface area contributed by atoms with Crippen LogP contribution >= 0.6 is 0 Å². The summed E-state index contributed by atoms with van der Waals surface area (Å²) in [5, 5.41) is 4.45. The molecule has 1 saturated heterocycles. The molecule has 0 aliphatic carbocycles. The lowest BCUT2D eigenvalue weighted by Crippen LogP contribution is -2.28. The Balaban J connectivity index is 2.06. The molecule has 0 N–H and O–H groups in total. The highest BCUT2D eigenvalue weighted by Gasteiger charge is 2.15. The molecule has 1 rings (SSSR count). The van der Waals surface area contributed by atoms with Crippen LogP contribution < -0.4 is 5.32 Å². The van der Waals surface area contributed by atoms with Crippen molar-refractivity contribution >= 4 is 5.97 Å². The third-order valence-electron chi connectivity index (χ3n) is 2.32. The molecule has 1 radical (unpaired) electrons. The van der Waals surface area contributed by atoms with Crippen LogP contribution in [0.1, 0.15) is 39.0 Å². The smallest absolute Gasteiger partial charge is 0.305 e. The van der Waals surface area contributed by atoms with Gasteiger partial charge in [-0.05, 0) is 26.2 Å². The van der Waals surface area contributed by atoms with Crippen molar-refractivity contribution in [2.75, 3.05) is 13.2 Å². The highest BCUT2D eigenvalue weighted by atomic mass is 16.5. The van der Waals surface area contributed by atoms with E-state index in [9.17, 15) is 4.79 Å². The molecule has 1 aliphatic rings. The van der Waals surface area contributed by atoms with E-state index in [0.717, 1.165) is 19.4 Å². The summed E-state index contributed by atoms with van der Waals surface area (Å²) in [5.74, 6) is -0.0803. The van der Waals surface area contributed by atoms with Crippen LogP contribution in [0.2, 0.25) is 0 Å². The predicted octanol–water partition coefficient (Wildman–Crippen LogP) is 1.49. The van der Waals surface area contributed by atoms with E-state index in [2.05, 4.69) is 5.32 Å². The Kier molecular flexibility index (Phi) is 4.83. The quantitative estimate of drug-likeness (QED) is 0.621. The minimum absolute atomic E-state index is 0.0803. The molecule has 0 bridgehead atoms. The maximum absolute atomic E-state index is 11.0. The number of carbonyl (C=O) groups is 1. The molecule has 1 heterocycles. The summed E-state index contributed by atoms with van der Waals surface area (Å²) in [5.41, 5.74) is 0. The average Bonchev–Trinajstić information content (AvgIpc) is 2.17. The number of carbonyl (C=O) groups excluding carboxylic acids is 1. The molecule has 0 amide bonds. The number of esters is 1. The molecule has 0 saturated carbocycles. The van der Waals surface area contributed by atoms with E-state index in [1.54, 1.807) is 0 Å². The Morgan fingerprint density at radius 1 is 1.54 bits per heavy atom. The maximum Gasteiger partial charge on any atom is 0.305 e. The van der Waals surface area contributed by atoms with Crippen LogP contribution in [0.5, 0.6) is 0 Å². The first-order valence-electron chi connectivity index (χ1n) is 5.15. The molecule has 3 nitrogen and oxygen atoms in total. The van der Waals surface area contributed by atoms with Crippen molar-refractivity contribution in [2.24, 2.45) is 0 Å². The van der Waals surface area contributed by atoms with Gasteiger partial charge in [0.1, 0.15) is 0 Å². The summed E-state index contributed by atoms with van der Waals surface area (Å²) in [6, 6.07) is 0.415. The topological polar surface area (TPSA) is 40.4 Å². The summed E-state index contributed by atoms with van der Waals surface area (Å²) < 4.78 is 4.85. The number of rotatable bonds is 4. The monoisotopic (exact) mass is 184 g/mol. The van der Waals surface area contributed by atoms with Crippen molar-refractivity contribution in [3.63, 3.8) is 0 Å². The Morgan fingerprint density at radius 2 is 2.38 bits per heavy atom. The maximum atomic E-state index is 11.0. The van der Waals surface area contributed by atoms with Crippen molar-refractivity contribution < 1.29 is 9.53 Å². The third-order valence-corrected chi connectivity index (χ3v) is 2.32. The van der Waals surface area contributed by atoms with E-state index in [-0.39, 0.29) is 5.97 Å². The van der Waals surface area contributed by atoms with Crippen LogP contribution in [-0.2, 0) is 9.53 Å². The fourth-order valence-electron chi connectivity index (χ4n) is 1.61. The highest BCUT2D eigenvalue weighted by Crippen LogP contribution is 2.13. The number of hydrogen-bond acceptors (Lipinski definition) is 2. The van der Waals surface area contributed by atoms with Gasteiger partial charge < -0.3 is 4.74 Å². The molecule has 0 aromatic carbocycles. The SMILES string of the molecule is CCOC(=O)CCC1CCCC[N]1. The van der Waals surface area contributed by atoms with Crippen LogP contribution in [0.4, 0.5) is 0 Å². The van der Waals surface area contributed by atoms with E-state index in [0.29, 0.717) is 19.1 Å². The minimum Gasteiger partial charge on any atom is -0.466 e. The molecule has 3 heteroatoms. The number of nitrogens with zero attached hydrogens (tertiary/aromatic N) is 1. The Morgan fingerprint density at radius 3 is 3.00 bits per heavy atom. The van der Waals surface area contributed by atoms with Crippen LogP contribution in [-0.4, -0.2) is 25.2 Å². The molecule has 1 unspecified atom stereocenters. The van der Waals surface area contributed by atoms with Gasteiger partial charge in [-0.25, -0.2) is 5.32 Å². The molecular weight excluding hydrogens is 166 g/mol. The second kappa shape index (κ2) is 5.97. The van der Waals surface area contributed by atoms with Gasteiger partial charge in [-0.2, -0.15) is 0 Å². The fourth-order valence-corrected chi connectivity index (χ4v) is 1.61. The predicted molar refractivity (Wildman–Crippen MR) is 50.5 cm³/mol. The van der Waals surface area contributed by atoms with Gasteiger partial charge in [0.15, 0.2) is 0 Å².